The van der Waals surface area contributed by atoms with E-state index in [0.29, 0.717) is 6.16 Å². The minimum atomic E-state index is -1.62. The molecule has 0 aliphatic heterocycles. The van der Waals surface area contributed by atoms with Crippen molar-refractivity contribution < 1.29 is 20.4 Å². The van der Waals surface area contributed by atoms with Crippen molar-refractivity contribution in [3.63, 3.8) is 0 Å². The maximum Gasteiger partial charge on any atom is -0.147 e. The van der Waals surface area contributed by atoms with Gasteiger partial charge in [-0.05, 0) is 0 Å². The minimum absolute atomic E-state index is 0. The average Bonchev–Trinajstić information content (AvgIpc) is 3.34. The van der Waals surface area contributed by atoms with Crippen molar-refractivity contribution in [1.29, 1.82) is 0 Å². The Morgan fingerprint density at radius 2 is 1.24 bits per heavy atom. The topological polar surface area (TPSA) is 0 Å². The first-order chi connectivity index (χ1) is 13.4. The van der Waals surface area contributed by atoms with E-state index in [9.17, 15) is 0 Å². The van der Waals surface area contributed by atoms with Crippen molar-refractivity contribution >= 4 is 31.0 Å². The third-order valence-electron chi connectivity index (χ3n) is 6.97. The first kappa shape index (κ1) is 23.5. The fraction of sp³-hybridized carbons (Fsp3) is 0.440. The molecular weight excluding hydrogens is 490 g/mol. The fourth-order valence-electron chi connectivity index (χ4n) is 5.57. The summed E-state index contributed by atoms with van der Waals surface area (Å²) in [4.78, 5) is 0. The molecule has 0 spiro atoms. The Morgan fingerprint density at radius 1 is 0.724 bits per heavy atom. The van der Waals surface area contributed by atoms with Crippen molar-refractivity contribution in [3.8, 4) is 0 Å². The summed E-state index contributed by atoms with van der Waals surface area (Å²) in [5.41, 5.74) is 8.92. The Kier molecular flexibility index (Phi) is 8.87. The molecule has 4 heteroatoms. The normalized spacial score (nSPS) is 24.6. The van der Waals surface area contributed by atoms with E-state index in [2.05, 4.69) is 54.6 Å². The summed E-state index contributed by atoms with van der Waals surface area (Å²) in [5.74, 6) is 0. The van der Waals surface area contributed by atoms with E-state index in [1.807, 2.05) is 11.1 Å². The van der Waals surface area contributed by atoms with E-state index in [4.69, 9.17) is 0 Å². The standard InChI is InChI=1S/2C9H11.C7H8Si.2ClH.Zr/c2*1-2-5-9-7-3-6-8(9)4-1;8-6-7-4-2-1-3-5-7;;;/h2*3,6-7H,1-2,4-5H2;1-5,8H,6H2;2*1H;. The predicted octanol–water partition coefficient (Wildman–Crippen LogP) is 7.46. The van der Waals surface area contributed by atoms with E-state index >= 15 is 0 Å². The Balaban J connectivity index is 0.00000120. The average molecular weight is 523 g/mol. The molecule has 0 fully saturated rings. The van der Waals surface area contributed by atoms with Gasteiger partial charge in [-0.2, -0.15) is 0 Å². The Morgan fingerprint density at radius 3 is 1.79 bits per heavy atom. The molecule has 4 aliphatic carbocycles. The van der Waals surface area contributed by atoms with Crippen LogP contribution in [0.15, 0.2) is 76.9 Å². The SMILES string of the molecule is C1=C[CH]([Zr](=[SiH]Cc2ccccc2)[CH]2C=CC3=C2CCCC3)C2=C1CCCC2.Cl.Cl. The summed E-state index contributed by atoms with van der Waals surface area (Å²) in [6, 6.07) is 12.7. The smallest absolute Gasteiger partial charge is 0.147 e. The molecule has 2 unspecified atom stereocenters. The van der Waals surface area contributed by atoms with Gasteiger partial charge >= 0.3 is 174 Å². The summed E-state index contributed by atoms with van der Waals surface area (Å²) < 4.78 is 1.84. The Bertz CT molecular complexity index is 829. The van der Waals surface area contributed by atoms with Crippen LogP contribution in [0.5, 0.6) is 0 Å². The summed E-state index contributed by atoms with van der Waals surface area (Å²) in [6.45, 7) is 0. The molecule has 0 nitrogen and oxygen atoms in total. The summed E-state index contributed by atoms with van der Waals surface area (Å²) in [7, 11) is 0. The van der Waals surface area contributed by atoms with Crippen LogP contribution in [-0.4, -0.2) is 6.16 Å². The largest absolute Gasteiger partial charge is 0.147 e. The van der Waals surface area contributed by atoms with Gasteiger partial charge in [0.2, 0.25) is 0 Å². The van der Waals surface area contributed by atoms with E-state index < -0.39 is 20.4 Å². The number of allylic oxidation sites excluding steroid dienone is 8. The van der Waals surface area contributed by atoms with Gasteiger partial charge in [-0.1, -0.05) is 0 Å². The van der Waals surface area contributed by atoms with Crippen LogP contribution in [0.3, 0.4) is 0 Å². The minimum Gasteiger partial charge on any atom is -0.147 e. The van der Waals surface area contributed by atoms with Crippen LogP contribution in [0.1, 0.15) is 56.9 Å². The zero-order valence-corrected chi connectivity index (χ0v) is 22.4. The van der Waals surface area contributed by atoms with Gasteiger partial charge in [0, 0.05) is 0 Å². The second kappa shape index (κ2) is 10.9. The van der Waals surface area contributed by atoms with Gasteiger partial charge in [-0.3, -0.25) is 0 Å². The molecule has 1 aromatic rings. The van der Waals surface area contributed by atoms with Gasteiger partial charge in [0.25, 0.3) is 0 Å². The van der Waals surface area contributed by atoms with Crippen molar-refractivity contribution in [1.82, 2.24) is 0 Å². The molecule has 0 saturated carbocycles. The molecule has 4 aliphatic rings. The molecule has 0 bridgehead atoms. The molecule has 0 amide bonds. The number of hydrogen-bond acceptors (Lipinski definition) is 0. The van der Waals surface area contributed by atoms with Gasteiger partial charge in [-0.15, -0.1) is 24.8 Å². The molecule has 5 rings (SSSR count). The molecule has 0 aromatic heterocycles. The second-order valence-corrected chi connectivity index (χ2v) is 21.9. The molecular formula is C25H32Cl2SiZr. The quantitative estimate of drug-likeness (QED) is 0.360. The van der Waals surface area contributed by atoms with Crippen LogP contribution >= 0.6 is 24.8 Å². The van der Waals surface area contributed by atoms with Crippen molar-refractivity contribution in [2.45, 2.75) is 64.7 Å². The van der Waals surface area contributed by atoms with Gasteiger partial charge in [-0.25, -0.2) is 0 Å². The van der Waals surface area contributed by atoms with Gasteiger partial charge in [0.1, 0.15) is 0 Å². The van der Waals surface area contributed by atoms with Crippen LogP contribution in [0.2, 0.25) is 7.25 Å². The van der Waals surface area contributed by atoms with Crippen LogP contribution in [0.25, 0.3) is 0 Å². The first-order valence-corrected chi connectivity index (χ1v) is 19.4. The van der Waals surface area contributed by atoms with Crippen LogP contribution in [0.4, 0.5) is 0 Å². The fourth-order valence-corrected chi connectivity index (χ4v) is 23.9. The van der Waals surface area contributed by atoms with Crippen molar-refractivity contribution in [2.24, 2.45) is 0 Å². The molecule has 0 saturated heterocycles. The number of halogens is 2. The molecule has 154 valence electrons. The van der Waals surface area contributed by atoms with E-state index in [1.54, 1.807) is 16.7 Å². The molecule has 2 atom stereocenters. The zero-order chi connectivity index (χ0) is 18.1. The molecule has 1 aromatic carbocycles. The van der Waals surface area contributed by atoms with Crippen molar-refractivity contribution in [3.05, 3.63) is 82.5 Å². The van der Waals surface area contributed by atoms with Gasteiger partial charge in [0.15, 0.2) is 0 Å². The van der Waals surface area contributed by atoms with Crippen molar-refractivity contribution in [2.75, 3.05) is 0 Å². The molecule has 0 heterocycles. The Hall–Kier alpha value is -0.140. The van der Waals surface area contributed by atoms with Crippen LogP contribution in [-0.2, 0) is 26.4 Å². The second-order valence-electron chi connectivity index (χ2n) is 8.58. The third kappa shape index (κ3) is 5.03. The summed E-state index contributed by atoms with van der Waals surface area (Å²) >= 11 is -1.62. The maximum atomic E-state index is 2.69. The predicted molar refractivity (Wildman–Crippen MR) is 129 cm³/mol. The maximum absolute atomic E-state index is 2.69. The van der Waals surface area contributed by atoms with E-state index in [0.717, 1.165) is 7.25 Å². The van der Waals surface area contributed by atoms with Gasteiger partial charge < -0.3 is 0 Å². The number of hydrogen-bond donors (Lipinski definition) is 0. The molecule has 29 heavy (non-hydrogen) atoms. The molecule has 0 N–H and O–H groups in total. The Labute approximate surface area is 197 Å². The van der Waals surface area contributed by atoms with Crippen LogP contribution in [0, 0.1) is 0 Å². The zero-order valence-electron chi connectivity index (χ0n) is 17.1. The van der Waals surface area contributed by atoms with Crippen LogP contribution < -0.4 is 0 Å². The molecule has 0 radical (unpaired) electrons. The third-order valence-corrected chi connectivity index (χ3v) is 23.5. The van der Waals surface area contributed by atoms with E-state index in [1.165, 1.54) is 57.4 Å². The number of benzene rings is 1. The van der Waals surface area contributed by atoms with Gasteiger partial charge in [0.05, 0.1) is 0 Å². The number of rotatable bonds is 4. The van der Waals surface area contributed by atoms with E-state index in [-0.39, 0.29) is 24.8 Å². The first-order valence-electron chi connectivity index (χ1n) is 10.9. The monoisotopic (exact) mass is 520 g/mol. The summed E-state index contributed by atoms with van der Waals surface area (Å²) in [6.07, 6.45) is 22.4. The summed E-state index contributed by atoms with van der Waals surface area (Å²) in [5, 5.41) is 0.